The Labute approximate surface area is 132 Å². The molecule has 3 N–H and O–H groups in total. The van der Waals surface area contributed by atoms with Gasteiger partial charge in [-0.15, -0.1) is 5.10 Å². The predicted molar refractivity (Wildman–Crippen MR) is 86.5 cm³/mol. The van der Waals surface area contributed by atoms with E-state index >= 15 is 0 Å². The Hall–Kier alpha value is -2.28. The van der Waals surface area contributed by atoms with Gasteiger partial charge in [-0.25, -0.2) is 4.68 Å². The first kappa shape index (κ1) is 14.6. The molecule has 0 radical (unpaired) electrons. The van der Waals surface area contributed by atoms with Gasteiger partial charge in [0.15, 0.2) is 0 Å². The van der Waals surface area contributed by atoms with E-state index in [2.05, 4.69) is 15.4 Å². The molecule has 0 saturated heterocycles. The van der Waals surface area contributed by atoms with Gasteiger partial charge in [-0.05, 0) is 18.2 Å². The van der Waals surface area contributed by atoms with Crippen LogP contribution in [0.4, 0.5) is 5.95 Å². The second-order valence-corrected chi connectivity index (χ2v) is 6.17. The molecule has 1 atom stereocenters. The summed E-state index contributed by atoms with van der Waals surface area (Å²) in [6.07, 6.45) is 0. The quantitative estimate of drug-likeness (QED) is 0.845. The highest BCUT2D eigenvalue weighted by molar-refractivity contribution is 7.99. The minimum Gasteiger partial charge on any atom is -0.366 e. The van der Waals surface area contributed by atoms with Crippen molar-refractivity contribution >= 4 is 23.6 Å². The van der Waals surface area contributed by atoms with Gasteiger partial charge in [0.05, 0.1) is 5.57 Å². The van der Waals surface area contributed by atoms with Gasteiger partial charge < -0.3 is 11.1 Å². The summed E-state index contributed by atoms with van der Waals surface area (Å²) >= 11 is 1.56. The third kappa shape index (κ3) is 2.48. The van der Waals surface area contributed by atoms with Crippen molar-refractivity contribution in [2.75, 3.05) is 11.1 Å². The molecule has 7 heteroatoms. The van der Waals surface area contributed by atoms with E-state index in [1.54, 1.807) is 16.4 Å². The normalized spacial score (nSPS) is 17.1. The number of rotatable bonds is 4. The number of carbonyl (C=O) groups is 1. The zero-order valence-corrected chi connectivity index (χ0v) is 13.2. The van der Waals surface area contributed by atoms with Gasteiger partial charge in [0.2, 0.25) is 17.0 Å². The molecule has 2 aromatic rings. The van der Waals surface area contributed by atoms with Gasteiger partial charge in [0.1, 0.15) is 6.04 Å². The van der Waals surface area contributed by atoms with Gasteiger partial charge >= 0.3 is 0 Å². The van der Waals surface area contributed by atoms with Crippen LogP contribution < -0.4 is 11.1 Å². The van der Waals surface area contributed by atoms with E-state index in [1.165, 1.54) is 0 Å². The average molecular weight is 315 g/mol. The third-order valence-corrected chi connectivity index (χ3v) is 4.21. The molecule has 1 unspecified atom stereocenters. The number of fused-ring (bicyclic) bond motifs is 1. The Balaban J connectivity index is 2.16. The van der Waals surface area contributed by atoms with E-state index in [0.717, 1.165) is 11.3 Å². The highest BCUT2D eigenvalue weighted by atomic mass is 32.2. The van der Waals surface area contributed by atoms with Crippen molar-refractivity contribution in [2.45, 2.75) is 25.0 Å². The lowest BCUT2D eigenvalue weighted by Gasteiger charge is -2.27. The van der Waals surface area contributed by atoms with Crippen LogP contribution in [0, 0.1) is 0 Å². The van der Waals surface area contributed by atoms with E-state index in [1.807, 2.05) is 44.2 Å². The number of anilines is 1. The second-order valence-electron chi connectivity index (χ2n) is 4.94. The molecule has 3 rings (SSSR count). The molecule has 0 spiro atoms. The highest BCUT2D eigenvalue weighted by Crippen LogP contribution is 2.35. The van der Waals surface area contributed by atoms with Crippen LogP contribution in [0.15, 0.2) is 46.8 Å². The molecular formula is C15H17N5OS. The average Bonchev–Trinajstić information content (AvgIpc) is 2.88. The van der Waals surface area contributed by atoms with Crippen molar-refractivity contribution < 1.29 is 4.79 Å². The summed E-state index contributed by atoms with van der Waals surface area (Å²) in [6.45, 7) is 3.88. The summed E-state index contributed by atoms with van der Waals surface area (Å²) in [6, 6.07) is 9.38. The SMILES string of the molecule is CCSc1nc2n(n1)C(c1ccccc1)C(C(N)=O)=C(C)N2. The molecule has 114 valence electrons. The Morgan fingerprint density at radius 3 is 2.77 bits per heavy atom. The zero-order valence-electron chi connectivity index (χ0n) is 12.4. The molecule has 0 bridgehead atoms. The molecule has 0 aliphatic carbocycles. The van der Waals surface area contributed by atoms with Gasteiger partial charge in [0, 0.05) is 5.70 Å². The van der Waals surface area contributed by atoms with E-state index < -0.39 is 5.91 Å². The number of benzene rings is 1. The van der Waals surface area contributed by atoms with Gasteiger partial charge in [-0.2, -0.15) is 4.98 Å². The summed E-state index contributed by atoms with van der Waals surface area (Å²) in [4.78, 5) is 16.4. The van der Waals surface area contributed by atoms with Crippen LogP contribution in [-0.4, -0.2) is 26.4 Å². The number of thioether (sulfide) groups is 1. The first-order chi connectivity index (χ1) is 10.6. The van der Waals surface area contributed by atoms with Crippen molar-refractivity contribution in [3.8, 4) is 0 Å². The molecule has 1 aromatic heterocycles. The minimum absolute atomic E-state index is 0.353. The molecule has 0 fully saturated rings. The van der Waals surface area contributed by atoms with Gasteiger partial charge in [0.25, 0.3) is 0 Å². The minimum atomic E-state index is -0.454. The lowest BCUT2D eigenvalue weighted by Crippen LogP contribution is -2.31. The smallest absolute Gasteiger partial charge is 0.248 e. The molecule has 22 heavy (non-hydrogen) atoms. The maximum atomic E-state index is 11.9. The molecule has 1 aromatic carbocycles. The zero-order chi connectivity index (χ0) is 15.7. The number of nitrogens with zero attached hydrogens (tertiary/aromatic N) is 3. The topological polar surface area (TPSA) is 85.8 Å². The monoisotopic (exact) mass is 315 g/mol. The number of amides is 1. The lowest BCUT2D eigenvalue weighted by molar-refractivity contribution is -0.115. The maximum Gasteiger partial charge on any atom is 0.248 e. The molecule has 1 aliphatic rings. The van der Waals surface area contributed by atoms with Crippen LogP contribution >= 0.6 is 11.8 Å². The Morgan fingerprint density at radius 1 is 1.41 bits per heavy atom. The number of hydrogen-bond donors (Lipinski definition) is 2. The summed E-state index contributed by atoms with van der Waals surface area (Å²) in [5, 5.41) is 8.34. The lowest BCUT2D eigenvalue weighted by atomic mass is 9.95. The van der Waals surface area contributed by atoms with E-state index in [4.69, 9.17) is 5.73 Å². The van der Waals surface area contributed by atoms with Crippen LogP contribution in [0.5, 0.6) is 0 Å². The Kier molecular flexibility index (Phi) is 3.89. The number of primary amides is 1. The summed E-state index contributed by atoms with van der Waals surface area (Å²) in [5.41, 5.74) is 7.79. The van der Waals surface area contributed by atoms with E-state index in [0.29, 0.717) is 22.4 Å². The first-order valence-corrected chi connectivity index (χ1v) is 8.02. The first-order valence-electron chi connectivity index (χ1n) is 7.03. The van der Waals surface area contributed by atoms with E-state index in [9.17, 15) is 4.79 Å². The standard InChI is InChI=1S/C15H17N5OS/c1-3-22-15-18-14-17-9(2)11(13(16)21)12(20(14)19-15)10-7-5-4-6-8-10/h4-8,12H,3H2,1-2H3,(H2,16,21)(H,17,18,19). The van der Waals surface area contributed by atoms with Crippen molar-refractivity contribution in [2.24, 2.45) is 5.73 Å². The molecular weight excluding hydrogens is 298 g/mol. The van der Waals surface area contributed by atoms with Crippen LogP contribution in [-0.2, 0) is 4.79 Å². The number of hydrogen-bond acceptors (Lipinski definition) is 5. The number of nitrogens with two attached hydrogens (primary N) is 1. The van der Waals surface area contributed by atoms with Gasteiger partial charge in [-0.1, -0.05) is 49.0 Å². The van der Waals surface area contributed by atoms with Crippen LogP contribution in [0.1, 0.15) is 25.5 Å². The summed E-state index contributed by atoms with van der Waals surface area (Å²) < 4.78 is 1.74. The fourth-order valence-electron chi connectivity index (χ4n) is 2.58. The van der Waals surface area contributed by atoms with Crippen molar-refractivity contribution in [1.82, 2.24) is 14.8 Å². The third-order valence-electron chi connectivity index (χ3n) is 3.49. The van der Waals surface area contributed by atoms with Crippen LogP contribution in [0.25, 0.3) is 0 Å². The van der Waals surface area contributed by atoms with E-state index in [-0.39, 0.29) is 6.04 Å². The Bertz CT molecular complexity index is 738. The largest absolute Gasteiger partial charge is 0.366 e. The molecule has 1 aliphatic heterocycles. The number of nitrogens with one attached hydrogen (secondary N) is 1. The predicted octanol–water partition coefficient (Wildman–Crippen LogP) is 2.16. The maximum absolute atomic E-state index is 11.9. The highest BCUT2D eigenvalue weighted by Gasteiger charge is 2.32. The molecule has 2 heterocycles. The number of aromatic nitrogens is 3. The summed E-state index contributed by atoms with van der Waals surface area (Å²) in [7, 11) is 0. The van der Waals surface area contributed by atoms with Crippen LogP contribution in [0.2, 0.25) is 0 Å². The second kappa shape index (κ2) is 5.84. The Morgan fingerprint density at radius 2 is 2.14 bits per heavy atom. The van der Waals surface area contributed by atoms with Crippen molar-refractivity contribution in [1.29, 1.82) is 0 Å². The number of carbonyl (C=O) groups excluding carboxylic acids is 1. The fraction of sp³-hybridized carbons (Fsp3) is 0.267. The molecule has 6 nitrogen and oxygen atoms in total. The molecule has 0 saturated carbocycles. The fourth-order valence-corrected chi connectivity index (χ4v) is 3.14. The van der Waals surface area contributed by atoms with Crippen LogP contribution in [0.3, 0.4) is 0 Å². The van der Waals surface area contributed by atoms with Gasteiger partial charge in [-0.3, -0.25) is 4.79 Å². The summed E-state index contributed by atoms with van der Waals surface area (Å²) in [5.74, 6) is 1.06. The number of allylic oxidation sites excluding steroid dienone is 1. The van der Waals surface area contributed by atoms with Crippen molar-refractivity contribution in [3.63, 3.8) is 0 Å². The molecule has 1 amide bonds. The van der Waals surface area contributed by atoms with Crippen molar-refractivity contribution in [3.05, 3.63) is 47.2 Å².